The number of carbonyl (C=O) groups excluding carboxylic acids is 1. The number of urea groups is 1. The van der Waals surface area contributed by atoms with Gasteiger partial charge in [-0.15, -0.1) is 0 Å². The van der Waals surface area contributed by atoms with Crippen LogP contribution in [0.3, 0.4) is 0 Å². The number of rotatable bonds is 7. The van der Waals surface area contributed by atoms with Crippen molar-refractivity contribution < 1.29 is 9.53 Å². The van der Waals surface area contributed by atoms with E-state index >= 15 is 0 Å². The number of hydrogen-bond acceptors (Lipinski definition) is 3. The first-order valence-electron chi connectivity index (χ1n) is 5.99. The van der Waals surface area contributed by atoms with Gasteiger partial charge in [-0.2, -0.15) is 11.8 Å². The monoisotopic (exact) mass is 346 g/mol. The zero-order valence-electron chi connectivity index (χ0n) is 11.2. The van der Waals surface area contributed by atoms with Crippen LogP contribution in [0.5, 0.6) is 0 Å². The average Bonchev–Trinajstić information content (AvgIpc) is 2.39. The molecule has 1 rings (SSSR count). The fourth-order valence-corrected chi connectivity index (χ4v) is 2.47. The van der Waals surface area contributed by atoms with Crippen LogP contribution < -0.4 is 10.6 Å². The van der Waals surface area contributed by atoms with Crippen LogP contribution in [0, 0.1) is 0 Å². The molecule has 2 N–H and O–H groups in total. The van der Waals surface area contributed by atoms with Gasteiger partial charge in [0.15, 0.2) is 0 Å². The van der Waals surface area contributed by atoms with Crippen LogP contribution >= 0.6 is 27.7 Å². The highest BCUT2D eigenvalue weighted by molar-refractivity contribution is 9.10. The molecule has 4 nitrogen and oxygen atoms in total. The molecular formula is C13H19BrN2O2S. The molecule has 106 valence electrons. The van der Waals surface area contributed by atoms with Crippen molar-refractivity contribution in [3.63, 3.8) is 0 Å². The third-order valence-corrected chi connectivity index (χ3v) is 3.91. The summed E-state index contributed by atoms with van der Waals surface area (Å²) < 4.78 is 6.07. The minimum atomic E-state index is -0.184. The number of halogens is 1. The second-order valence-electron chi connectivity index (χ2n) is 3.93. The Hall–Kier alpha value is -0.720. The van der Waals surface area contributed by atoms with Gasteiger partial charge < -0.3 is 15.4 Å². The topological polar surface area (TPSA) is 50.4 Å². The van der Waals surface area contributed by atoms with Crippen molar-refractivity contribution >= 4 is 39.4 Å². The highest BCUT2D eigenvalue weighted by Crippen LogP contribution is 2.25. The Balaban J connectivity index is 2.56. The fraction of sp³-hybridized carbons (Fsp3) is 0.462. The van der Waals surface area contributed by atoms with Crippen molar-refractivity contribution in [2.75, 3.05) is 31.0 Å². The lowest BCUT2D eigenvalue weighted by molar-refractivity contribution is 0.185. The minimum absolute atomic E-state index is 0.184. The molecule has 0 fully saturated rings. The number of ether oxygens (including phenoxy) is 1. The molecule has 2 amide bonds. The summed E-state index contributed by atoms with van der Waals surface area (Å²) in [4.78, 5) is 11.8. The fourth-order valence-electron chi connectivity index (χ4n) is 1.55. The third kappa shape index (κ3) is 5.84. The van der Waals surface area contributed by atoms with Gasteiger partial charge in [0.25, 0.3) is 0 Å². The number of anilines is 1. The second kappa shape index (κ2) is 9.23. The van der Waals surface area contributed by atoms with Gasteiger partial charge in [0, 0.05) is 29.4 Å². The Morgan fingerprint density at radius 1 is 1.47 bits per heavy atom. The van der Waals surface area contributed by atoms with Crippen molar-refractivity contribution in [2.45, 2.75) is 13.0 Å². The Kier molecular flexibility index (Phi) is 7.93. The van der Waals surface area contributed by atoms with Crippen LogP contribution in [0.2, 0.25) is 0 Å². The molecular weight excluding hydrogens is 328 g/mol. The van der Waals surface area contributed by atoms with Gasteiger partial charge in [-0.05, 0) is 30.6 Å². The number of benzene rings is 1. The van der Waals surface area contributed by atoms with E-state index in [0.717, 1.165) is 27.9 Å². The van der Waals surface area contributed by atoms with E-state index in [-0.39, 0.29) is 6.03 Å². The maximum absolute atomic E-state index is 11.8. The van der Waals surface area contributed by atoms with Crippen molar-refractivity contribution in [1.29, 1.82) is 0 Å². The molecule has 0 spiro atoms. The first-order chi connectivity index (χ1) is 9.19. The molecule has 0 atom stereocenters. The molecule has 0 heterocycles. The second-order valence-corrected chi connectivity index (χ2v) is 5.77. The molecule has 0 aliphatic heterocycles. The number of carbonyl (C=O) groups is 1. The summed E-state index contributed by atoms with van der Waals surface area (Å²) in [5.74, 6) is 1.05. The molecule has 1 aromatic rings. The summed E-state index contributed by atoms with van der Waals surface area (Å²) >= 11 is 5.23. The average molecular weight is 347 g/mol. The number of hydrogen-bond donors (Lipinski definition) is 2. The highest BCUT2D eigenvalue weighted by atomic mass is 79.9. The van der Waals surface area contributed by atoms with Crippen LogP contribution in [0.15, 0.2) is 22.7 Å². The van der Waals surface area contributed by atoms with Crippen molar-refractivity contribution in [1.82, 2.24) is 5.32 Å². The van der Waals surface area contributed by atoms with Gasteiger partial charge in [0.05, 0.1) is 6.61 Å². The SMILES string of the molecule is COCc1c(Br)cccc1NC(=O)NCCCSC. The quantitative estimate of drug-likeness (QED) is 0.743. The van der Waals surface area contributed by atoms with E-state index < -0.39 is 0 Å². The molecule has 0 aromatic heterocycles. The molecule has 0 aliphatic rings. The normalized spacial score (nSPS) is 10.3. The van der Waals surface area contributed by atoms with Crippen LogP contribution in [-0.2, 0) is 11.3 Å². The van der Waals surface area contributed by atoms with Crippen LogP contribution in [0.25, 0.3) is 0 Å². The summed E-state index contributed by atoms with van der Waals surface area (Å²) in [6, 6.07) is 5.49. The summed E-state index contributed by atoms with van der Waals surface area (Å²) in [7, 11) is 1.63. The predicted octanol–water partition coefficient (Wildman–Crippen LogP) is 3.47. The maximum atomic E-state index is 11.8. The van der Waals surface area contributed by atoms with Crippen molar-refractivity contribution in [2.24, 2.45) is 0 Å². The van der Waals surface area contributed by atoms with E-state index in [2.05, 4.69) is 32.8 Å². The summed E-state index contributed by atoms with van der Waals surface area (Å²) in [6.07, 6.45) is 3.02. The molecule has 0 bridgehead atoms. The molecule has 6 heteroatoms. The van der Waals surface area contributed by atoms with Crippen LogP contribution in [0.1, 0.15) is 12.0 Å². The molecule has 0 radical (unpaired) electrons. The zero-order chi connectivity index (χ0) is 14.1. The summed E-state index contributed by atoms with van der Waals surface area (Å²) in [6.45, 7) is 1.13. The number of methoxy groups -OCH3 is 1. The van der Waals surface area contributed by atoms with Gasteiger partial charge in [-0.1, -0.05) is 22.0 Å². The third-order valence-electron chi connectivity index (χ3n) is 2.47. The van der Waals surface area contributed by atoms with Gasteiger partial charge >= 0.3 is 6.03 Å². The van der Waals surface area contributed by atoms with Crippen LogP contribution in [-0.4, -0.2) is 31.7 Å². The first kappa shape index (κ1) is 16.3. The van der Waals surface area contributed by atoms with Gasteiger partial charge in [0.2, 0.25) is 0 Å². The van der Waals surface area contributed by atoms with Gasteiger partial charge in [0.1, 0.15) is 0 Å². The van der Waals surface area contributed by atoms with Gasteiger partial charge in [-0.25, -0.2) is 4.79 Å². The van der Waals surface area contributed by atoms with Crippen molar-refractivity contribution in [3.8, 4) is 0 Å². The largest absolute Gasteiger partial charge is 0.380 e. The minimum Gasteiger partial charge on any atom is -0.380 e. The Morgan fingerprint density at radius 2 is 2.26 bits per heavy atom. The summed E-state index contributed by atoms with van der Waals surface area (Å²) in [5.41, 5.74) is 1.70. The molecule has 0 saturated carbocycles. The lowest BCUT2D eigenvalue weighted by atomic mass is 10.2. The summed E-state index contributed by atoms with van der Waals surface area (Å²) in [5, 5.41) is 5.68. The lowest BCUT2D eigenvalue weighted by Crippen LogP contribution is -2.30. The standard InChI is InChI=1S/C13H19BrN2O2S/c1-18-9-10-11(14)5-3-6-12(10)16-13(17)15-7-4-8-19-2/h3,5-6H,4,7-9H2,1-2H3,(H2,15,16,17). The van der Waals surface area contributed by atoms with Gasteiger partial charge in [-0.3, -0.25) is 0 Å². The number of thioether (sulfide) groups is 1. The lowest BCUT2D eigenvalue weighted by Gasteiger charge is -2.13. The van der Waals surface area contributed by atoms with E-state index in [1.54, 1.807) is 18.9 Å². The highest BCUT2D eigenvalue weighted by Gasteiger charge is 2.09. The maximum Gasteiger partial charge on any atom is 0.319 e. The zero-order valence-corrected chi connectivity index (χ0v) is 13.6. The van der Waals surface area contributed by atoms with E-state index in [9.17, 15) is 4.79 Å². The Morgan fingerprint density at radius 3 is 2.95 bits per heavy atom. The molecule has 1 aromatic carbocycles. The smallest absolute Gasteiger partial charge is 0.319 e. The molecule has 19 heavy (non-hydrogen) atoms. The molecule has 0 saturated heterocycles. The Labute approximate surface area is 126 Å². The van der Waals surface area contributed by atoms with E-state index in [1.807, 2.05) is 18.2 Å². The number of amides is 2. The predicted molar refractivity (Wildman–Crippen MR) is 84.9 cm³/mol. The number of nitrogens with one attached hydrogen (secondary N) is 2. The van der Waals surface area contributed by atoms with E-state index in [1.165, 1.54) is 0 Å². The first-order valence-corrected chi connectivity index (χ1v) is 8.17. The van der Waals surface area contributed by atoms with E-state index in [0.29, 0.717) is 13.2 Å². The molecule has 0 aliphatic carbocycles. The van der Waals surface area contributed by atoms with Crippen LogP contribution in [0.4, 0.5) is 10.5 Å². The van der Waals surface area contributed by atoms with E-state index in [4.69, 9.17) is 4.74 Å². The molecule has 0 unspecified atom stereocenters. The Bertz CT molecular complexity index is 416. The van der Waals surface area contributed by atoms with Crippen molar-refractivity contribution in [3.05, 3.63) is 28.2 Å².